The molecule has 0 aromatic heterocycles. The van der Waals surface area contributed by atoms with Gasteiger partial charge in [-0.2, -0.15) is 4.99 Å². The van der Waals surface area contributed by atoms with Crippen molar-refractivity contribution in [2.45, 2.75) is 26.3 Å². The van der Waals surface area contributed by atoms with Crippen molar-refractivity contribution in [2.75, 3.05) is 6.54 Å². The van der Waals surface area contributed by atoms with Crippen molar-refractivity contribution in [1.82, 2.24) is 10.2 Å². The third kappa shape index (κ3) is 4.80. The second kappa shape index (κ2) is 8.43. The number of urea groups is 1. The second-order valence-electron chi connectivity index (χ2n) is 6.54. The molecule has 0 spiro atoms. The number of rotatable bonds is 6. The van der Waals surface area contributed by atoms with E-state index in [4.69, 9.17) is 0 Å². The molecule has 1 aliphatic carbocycles. The number of nitrogens with zero attached hydrogens (tertiary/aromatic N) is 2. The number of hydrogen-bond acceptors (Lipinski definition) is 3. The van der Waals surface area contributed by atoms with Crippen LogP contribution in [0.3, 0.4) is 0 Å². The Morgan fingerprint density at radius 2 is 1.96 bits per heavy atom. The molecule has 1 N–H and O–H groups in total. The van der Waals surface area contributed by atoms with Crippen LogP contribution in [0.1, 0.15) is 24.0 Å². The van der Waals surface area contributed by atoms with E-state index in [0.29, 0.717) is 18.7 Å². The SMILES string of the molecule is Cc1ccc(CNC(=O)CCCN2C(=O)N=C3C=CC(Br)=CC3C2=O)cc1. The summed E-state index contributed by atoms with van der Waals surface area (Å²) in [6.45, 7) is 2.65. The number of carbonyl (C=O) groups is 3. The molecule has 4 amide bonds. The van der Waals surface area contributed by atoms with Gasteiger partial charge in [0.15, 0.2) is 0 Å². The van der Waals surface area contributed by atoms with Crippen molar-refractivity contribution in [3.8, 4) is 0 Å². The Morgan fingerprint density at radius 3 is 2.70 bits per heavy atom. The molecule has 0 bridgehead atoms. The van der Waals surface area contributed by atoms with Crippen LogP contribution in [0.15, 0.2) is 52.0 Å². The van der Waals surface area contributed by atoms with Crippen LogP contribution in [0, 0.1) is 12.8 Å². The fraction of sp³-hybridized carbons (Fsp3) is 0.300. The number of aliphatic imine (C=N–C) groups is 1. The van der Waals surface area contributed by atoms with Gasteiger partial charge in [-0.25, -0.2) is 4.79 Å². The molecule has 27 heavy (non-hydrogen) atoms. The molecule has 0 fully saturated rings. The minimum Gasteiger partial charge on any atom is -0.352 e. The number of allylic oxidation sites excluding steroid dienone is 3. The molecule has 1 unspecified atom stereocenters. The smallest absolute Gasteiger partial charge is 0.350 e. The highest BCUT2D eigenvalue weighted by molar-refractivity contribution is 9.11. The summed E-state index contributed by atoms with van der Waals surface area (Å²) in [6.07, 6.45) is 5.79. The Balaban J connectivity index is 1.48. The van der Waals surface area contributed by atoms with E-state index in [9.17, 15) is 14.4 Å². The van der Waals surface area contributed by atoms with E-state index in [1.807, 2.05) is 31.2 Å². The van der Waals surface area contributed by atoms with Crippen LogP contribution in [-0.2, 0) is 16.1 Å². The van der Waals surface area contributed by atoms with Crippen molar-refractivity contribution in [2.24, 2.45) is 10.9 Å². The Kier molecular flexibility index (Phi) is 6.01. The van der Waals surface area contributed by atoms with Gasteiger partial charge in [-0.3, -0.25) is 14.5 Å². The number of imide groups is 1. The number of aryl methyl sites for hydroxylation is 1. The first-order valence-corrected chi connectivity index (χ1v) is 9.55. The van der Waals surface area contributed by atoms with Crippen molar-refractivity contribution >= 4 is 39.5 Å². The summed E-state index contributed by atoms with van der Waals surface area (Å²) in [4.78, 5) is 41.8. The van der Waals surface area contributed by atoms with Gasteiger partial charge in [-0.15, -0.1) is 0 Å². The van der Waals surface area contributed by atoms with Crippen LogP contribution in [0.4, 0.5) is 4.79 Å². The van der Waals surface area contributed by atoms with Gasteiger partial charge in [0.1, 0.15) is 5.92 Å². The van der Waals surface area contributed by atoms with E-state index >= 15 is 0 Å². The largest absolute Gasteiger partial charge is 0.352 e. The molecule has 6 nitrogen and oxygen atoms in total. The molecule has 2 aliphatic rings. The zero-order valence-electron chi connectivity index (χ0n) is 14.9. The third-order valence-electron chi connectivity index (χ3n) is 4.44. The van der Waals surface area contributed by atoms with E-state index in [1.165, 1.54) is 5.56 Å². The van der Waals surface area contributed by atoms with Gasteiger partial charge >= 0.3 is 6.03 Å². The highest BCUT2D eigenvalue weighted by atomic mass is 79.9. The zero-order valence-corrected chi connectivity index (χ0v) is 16.5. The molecule has 1 aliphatic heterocycles. The van der Waals surface area contributed by atoms with Gasteiger partial charge in [-0.05, 0) is 31.1 Å². The quantitative estimate of drug-likeness (QED) is 0.753. The zero-order chi connectivity index (χ0) is 19.4. The maximum absolute atomic E-state index is 12.6. The van der Waals surface area contributed by atoms with Crippen LogP contribution in [0.2, 0.25) is 0 Å². The van der Waals surface area contributed by atoms with Gasteiger partial charge < -0.3 is 5.32 Å². The van der Waals surface area contributed by atoms with Crippen molar-refractivity contribution in [1.29, 1.82) is 0 Å². The van der Waals surface area contributed by atoms with Gasteiger partial charge in [0.2, 0.25) is 11.8 Å². The highest BCUT2D eigenvalue weighted by Gasteiger charge is 2.36. The number of nitrogens with one attached hydrogen (secondary N) is 1. The summed E-state index contributed by atoms with van der Waals surface area (Å²) in [5.74, 6) is -0.955. The summed E-state index contributed by atoms with van der Waals surface area (Å²) >= 11 is 3.34. The topological polar surface area (TPSA) is 78.8 Å². The molecule has 0 saturated carbocycles. The molecule has 1 aromatic rings. The molecule has 1 heterocycles. The first kappa shape index (κ1) is 19.2. The minimum absolute atomic E-state index is 0.111. The molecule has 0 saturated heterocycles. The number of amides is 4. The maximum Gasteiger partial charge on any atom is 0.350 e. The summed E-state index contributed by atoms with van der Waals surface area (Å²) in [5.41, 5.74) is 2.65. The molecule has 1 atom stereocenters. The molecule has 1 aromatic carbocycles. The molecule has 0 radical (unpaired) electrons. The Hall–Kier alpha value is -2.54. The number of fused-ring (bicyclic) bond motifs is 1. The van der Waals surface area contributed by atoms with E-state index in [0.717, 1.165) is 14.9 Å². The average Bonchev–Trinajstić information content (AvgIpc) is 2.64. The average molecular weight is 430 g/mol. The van der Waals surface area contributed by atoms with Gasteiger partial charge in [0, 0.05) is 24.0 Å². The van der Waals surface area contributed by atoms with Crippen LogP contribution >= 0.6 is 15.9 Å². The van der Waals surface area contributed by atoms with Crippen LogP contribution in [0.5, 0.6) is 0 Å². The number of benzene rings is 1. The fourth-order valence-corrected chi connectivity index (χ4v) is 3.30. The third-order valence-corrected chi connectivity index (χ3v) is 4.97. The Morgan fingerprint density at radius 1 is 1.22 bits per heavy atom. The molecular formula is C20H20BrN3O3. The predicted molar refractivity (Wildman–Crippen MR) is 106 cm³/mol. The maximum atomic E-state index is 12.6. The molecule has 7 heteroatoms. The Bertz CT molecular complexity index is 856. The van der Waals surface area contributed by atoms with Gasteiger partial charge in [-0.1, -0.05) is 51.8 Å². The van der Waals surface area contributed by atoms with Crippen LogP contribution in [0.25, 0.3) is 0 Å². The van der Waals surface area contributed by atoms with Gasteiger partial charge in [0.05, 0.1) is 5.71 Å². The first-order chi connectivity index (χ1) is 12.9. The lowest BCUT2D eigenvalue weighted by atomic mass is 9.95. The van der Waals surface area contributed by atoms with E-state index in [2.05, 4.69) is 26.2 Å². The van der Waals surface area contributed by atoms with Crippen molar-refractivity contribution in [3.05, 3.63) is 58.1 Å². The molecule has 140 valence electrons. The molecular weight excluding hydrogens is 410 g/mol. The summed E-state index contributed by atoms with van der Waals surface area (Å²) in [6, 6.07) is 7.37. The van der Waals surface area contributed by atoms with Crippen LogP contribution in [-0.4, -0.2) is 35.0 Å². The normalized spacial score (nSPS) is 18.7. The standard InChI is InChI=1S/C20H20BrN3O3/c1-13-4-6-14(7-5-13)12-22-18(25)3-2-10-24-19(26)16-11-15(21)8-9-17(16)23-20(24)27/h4-9,11,16H,2-3,10,12H2,1H3,(H,22,25). The second-order valence-corrected chi connectivity index (χ2v) is 7.45. The summed E-state index contributed by atoms with van der Waals surface area (Å²) < 4.78 is 0.782. The van der Waals surface area contributed by atoms with E-state index in [1.54, 1.807) is 18.2 Å². The first-order valence-electron chi connectivity index (χ1n) is 8.75. The Labute approximate surface area is 166 Å². The number of carbonyl (C=O) groups excluding carboxylic acids is 3. The monoisotopic (exact) mass is 429 g/mol. The highest BCUT2D eigenvalue weighted by Crippen LogP contribution is 2.25. The lowest BCUT2D eigenvalue weighted by molar-refractivity contribution is -0.130. The van der Waals surface area contributed by atoms with Gasteiger partial charge in [0.25, 0.3) is 0 Å². The van der Waals surface area contributed by atoms with E-state index < -0.39 is 11.9 Å². The summed E-state index contributed by atoms with van der Waals surface area (Å²) in [5, 5.41) is 2.85. The van der Waals surface area contributed by atoms with Crippen molar-refractivity contribution in [3.63, 3.8) is 0 Å². The van der Waals surface area contributed by atoms with Crippen LogP contribution < -0.4 is 5.32 Å². The minimum atomic E-state index is -0.567. The predicted octanol–water partition coefficient (Wildman–Crippen LogP) is 3.26. The lowest BCUT2D eigenvalue weighted by Crippen LogP contribution is -2.46. The van der Waals surface area contributed by atoms with E-state index in [-0.39, 0.29) is 24.8 Å². The molecule has 3 rings (SSSR count). The number of hydrogen-bond donors (Lipinski definition) is 1. The van der Waals surface area contributed by atoms with Crippen molar-refractivity contribution < 1.29 is 14.4 Å². The number of halogens is 1. The fourth-order valence-electron chi connectivity index (χ4n) is 2.90. The summed E-state index contributed by atoms with van der Waals surface area (Å²) in [7, 11) is 0. The lowest BCUT2D eigenvalue weighted by Gasteiger charge is -2.28.